The maximum Gasteiger partial charge on any atom is 0.315 e. The van der Waals surface area contributed by atoms with Crippen LogP contribution in [0.2, 0.25) is 0 Å². The molecule has 3 nitrogen and oxygen atoms in total. The average Bonchev–Trinajstić information content (AvgIpc) is 2.64. The second-order valence-corrected chi connectivity index (χ2v) is 5.69. The molecule has 1 aliphatic heterocycles. The van der Waals surface area contributed by atoms with Gasteiger partial charge >= 0.3 is 5.97 Å². The Morgan fingerprint density at radius 1 is 1.09 bits per heavy atom. The first-order valence-electron chi connectivity index (χ1n) is 7.93. The summed E-state index contributed by atoms with van der Waals surface area (Å²) in [7, 11) is 1.44. The van der Waals surface area contributed by atoms with E-state index in [1.54, 1.807) is 0 Å². The topological polar surface area (TPSA) is 38.3 Å². The third-order valence-corrected chi connectivity index (χ3v) is 4.23. The molecule has 0 fully saturated rings. The highest BCUT2D eigenvalue weighted by Crippen LogP contribution is 2.27. The molecule has 0 radical (unpaired) electrons. The van der Waals surface area contributed by atoms with Crippen LogP contribution < -0.4 is 5.32 Å². The second-order valence-electron chi connectivity index (χ2n) is 5.69. The number of nitrogens with one attached hydrogen (secondary N) is 1. The van der Waals surface area contributed by atoms with Crippen molar-refractivity contribution < 1.29 is 9.53 Å². The van der Waals surface area contributed by atoms with Crippen molar-refractivity contribution in [2.24, 2.45) is 0 Å². The van der Waals surface area contributed by atoms with E-state index in [2.05, 4.69) is 41.7 Å². The number of carbonyl (C=O) groups is 1. The Kier molecular flexibility index (Phi) is 4.89. The molecule has 2 atom stereocenters. The van der Waals surface area contributed by atoms with E-state index in [9.17, 15) is 4.79 Å². The van der Waals surface area contributed by atoms with Gasteiger partial charge < -0.3 is 10.1 Å². The monoisotopic (exact) mass is 307 g/mol. The maximum atomic E-state index is 12.3. The van der Waals surface area contributed by atoms with Crippen molar-refractivity contribution in [3.63, 3.8) is 0 Å². The number of esters is 1. The molecule has 0 spiro atoms. The summed E-state index contributed by atoms with van der Waals surface area (Å²) in [4.78, 5) is 12.3. The minimum absolute atomic E-state index is 0.0150. The van der Waals surface area contributed by atoms with E-state index < -0.39 is 0 Å². The quantitative estimate of drug-likeness (QED) is 0.694. The van der Waals surface area contributed by atoms with Crippen molar-refractivity contribution in [3.8, 4) is 11.1 Å². The van der Waals surface area contributed by atoms with Gasteiger partial charge in [0.05, 0.1) is 7.11 Å². The van der Waals surface area contributed by atoms with E-state index >= 15 is 0 Å². The highest BCUT2D eigenvalue weighted by Gasteiger charge is 2.29. The summed E-state index contributed by atoms with van der Waals surface area (Å²) in [5, 5.41) is 3.39. The zero-order valence-corrected chi connectivity index (χ0v) is 13.2. The van der Waals surface area contributed by atoms with E-state index in [0.29, 0.717) is 0 Å². The van der Waals surface area contributed by atoms with E-state index in [1.807, 2.05) is 30.3 Å². The van der Waals surface area contributed by atoms with Gasteiger partial charge in [0.15, 0.2) is 0 Å². The molecule has 3 rings (SSSR count). The average molecular weight is 307 g/mol. The third-order valence-electron chi connectivity index (χ3n) is 4.23. The summed E-state index contributed by atoms with van der Waals surface area (Å²) in [5.74, 6) is -0.525. The fraction of sp³-hybridized carbons (Fsp3) is 0.250. The first kappa shape index (κ1) is 15.5. The third kappa shape index (κ3) is 3.51. The van der Waals surface area contributed by atoms with E-state index in [-0.39, 0.29) is 17.9 Å². The molecule has 2 aromatic carbocycles. The molecule has 0 saturated carbocycles. The second kappa shape index (κ2) is 7.25. The molecule has 2 aromatic rings. The Labute approximate surface area is 137 Å². The Bertz CT molecular complexity index is 677. The van der Waals surface area contributed by atoms with Gasteiger partial charge in [0.1, 0.15) is 5.92 Å². The molecule has 118 valence electrons. The van der Waals surface area contributed by atoms with Crippen LogP contribution in [0.25, 0.3) is 11.1 Å². The van der Waals surface area contributed by atoms with Gasteiger partial charge in [-0.05, 0) is 29.7 Å². The normalized spacial score (nSPS) is 18.4. The van der Waals surface area contributed by atoms with Crippen molar-refractivity contribution in [1.29, 1.82) is 0 Å². The molecular weight excluding hydrogens is 286 g/mol. The number of benzene rings is 2. The maximum absolute atomic E-state index is 12.3. The first-order valence-corrected chi connectivity index (χ1v) is 7.93. The fourth-order valence-electron chi connectivity index (χ4n) is 3.00. The Morgan fingerprint density at radius 2 is 1.78 bits per heavy atom. The molecule has 1 N–H and O–H groups in total. The lowest BCUT2D eigenvalue weighted by atomic mass is 9.88. The molecule has 1 aliphatic rings. The summed E-state index contributed by atoms with van der Waals surface area (Å²) in [5.41, 5.74) is 3.29. The van der Waals surface area contributed by atoms with Crippen LogP contribution in [0.5, 0.6) is 0 Å². The Morgan fingerprint density at radius 3 is 2.39 bits per heavy atom. The summed E-state index contributed by atoms with van der Waals surface area (Å²) in [6.07, 6.45) is 5.18. The summed E-state index contributed by atoms with van der Waals surface area (Å²) in [6, 6.07) is 18.4. The van der Waals surface area contributed by atoms with Gasteiger partial charge in [0.25, 0.3) is 0 Å². The number of methoxy groups -OCH3 is 1. The molecule has 0 amide bonds. The van der Waals surface area contributed by atoms with E-state index in [4.69, 9.17) is 4.74 Å². The molecule has 0 bridgehead atoms. The SMILES string of the molecule is COC(=O)C(c1ccc(-c2ccccc2)cc1)C1C=CCCN1. The number of rotatable bonds is 4. The molecule has 23 heavy (non-hydrogen) atoms. The van der Waals surface area contributed by atoms with Crippen molar-refractivity contribution in [3.05, 3.63) is 72.3 Å². The van der Waals surface area contributed by atoms with Gasteiger partial charge in [0, 0.05) is 6.04 Å². The molecule has 3 heteroatoms. The number of hydrogen-bond donors (Lipinski definition) is 1. The summed E-state index contributed by atoms with van der Waals surface area (Å²) >= 11 is 0. The van der Waals surface area contributed by atoms with Gasteiger partial charge in [-0.15, -0.1) is 0 Å². The van der Waals surface area contributed by atoms with Crippen LogP contribution >= 0.6 is 0 Å². The predicted molar refractivity (Wildman–Crippen MR) is 92.2 cm³/mol. The van der Waals surface area contributed by atoms with Crippen molar-refractivity contribution in [2.75, 3.05) is 13.7 Å². The number of carbonyl (C=O) groups excluding carboxylic acids is 1. The van der Waals surface area contributed by atoms with E-state index in [1.165, 1.54) is 12.7 Å². The van der Waals surface area contributed by atoms with Crippen LogP contribution in [0, 0.1) is 0 Å². The van der Waals surface area contributed by atoms with Gasteiger partial charge in [0.2, 0.25) is 0 Å². The zero-order chi connectivity index (χ0) is 16.1. The largest absolute Gasteiger partial charge is 0.468 e. The van der Waals surface area contributed by atoms with Crippen molar-refractivity contribution in [2.45, 2.75) is 18.4 Å². The molecule has 0 aromatic heterocycles. The minimum Gasteiger partial charge on any atom is -0.468 e. The minimum atomic E-state index is -0.318. The van der Waals surface area contributed by atoms with E-state index in [0.717, 1.165) is 24.1 Å². The van der Waals surface area contributed by atoms with Crippen LogP contribution in [0.15, 0.2) is 66.7 Å². The van der Waals surface area contributed by atoms with Gasteiger partial charge in [-0.2, -0.15) is 0 Å². The van der Waals surface area contributed by atoms with Crippen molar-refractivity contribution >= 4 is 5.97 Å². The lowest BCUT2D eigenvalue weighted by Crippen LogP contribution is -2.39. The first-order chi connectivity index (χ1) is 11.3. The highest BCUT2D eigenvalue weighted by atomic mass is 16.5. The molecule has 2 unspecified atom stereocenters. The van der Waals surface area contributed by atoms with Gasteiger partial charge in [-0.1, -0.05) is 66.7 Å². The lowest BCUT2D eigenvalue weighted by Gasteiger charge is -2.26. The molecule has 1 heterocycles. The predicted octanol–water partition coefficient (Wildman–Crippen LogP) is 3.53. The van der Waals surface area contributed by atoms with Crippen molar-refractivity contribution in [1.82, 2.24) is 5.32 Å². The van der Waals surface area contributed by atoms with Gasteiger partial charge in [-0.3, -0.25) is 4.79 Å². The van der Waals surface area contributed by atoms with Crippen LogP contribution in [0.3, 0.4) is 0 Å². The Hall–Kier alpha value is -2.39. The summed E-state index contributed by atoms with van der Waals surface area (Å²) < 4.78 is 5.02. The van der Waals surface area contributed by atoms with Crippen LogP contribution in [0.4, 0.5) is 0 Å². The van der Waals surface area contributed by atoms with Crippen LogP contribution in [-0.2, 0) is 9.53 Å². The van der Waals surface area contributed by atoms with Crippen LogP contribution in [0.1, 0.15) is 17.9 Å². The standard InChI is InChI=1S/C20H21NO2/c1-23-20(22)19(18-9-5-6-14-21-18)17-12-10-16(11-13-17)15-7-3-2-4-8-15/h2-5,7-13,18-19,21H,6,14H2,1H3. The molecular formula is C20H21NO2. The fourth-order valence-corrected chi connectivity index (χ4v) is 3.00. The highest BCUT2D eigenvalue weighted by molar-refractivity contribution is 5.80. The van der Waals surface area contributed by atoms with Gasteiger partial charge in [-0.25, -0.2) is 0 Å². The number of hydrogen-bond acceptors (Lipinski definition) is 3. The number of ether oxygens (including phenoxy) is 1. The van der Waals surface area contributed by atoms with Crippen LogP contribution in [-0.4, -0.2) is 25.7 Å². The smallest absolute Gasteiger partial charge is 0.315 e. The zero-order valence-electron chi connectivity index (χ0n) is 13.2. The summed E-state index contributed by atoms with van der Waals surface area (Å²) in [6.45, 7) is 0.886. The lowest BCUT2D eigenvalue weighted by molar-refractivity contribution is -0.142. The molecule has 0 aliphatic carbocycles. The molecule has 0 saturated heterocycles. The Balaban J connectivity index is 1.89.